The highest BCUT2D eigenvalue weighted by Gasteiger charge is 2.32. The highest BCUT2D eigenvalue weighted by Crippen LogP contribution is 2.23. The molecule has 1 unspecified atom stereocenters. The summed E-state index contributed by atoms with van der Waals surface area (Å²) in [5.74, 6) is 0.237. The summed E-state index contributed by atoms with van der Waals surface area (Å²) >= 11 is 0. The molecule has 0 bridgehead atoms. The van der Waals surface area contributed by atoms with Gasteiger partial charge in [0.05, 0.1) is 5.52 Å². The Labute approximate surface area is 121 Å². The lowest BCUT2D eigenvalue weighted by atomic mass is 10.0. The number of anilines is 2. The number of piperidine rings is 1. The first-order chi connectivity index (χ1) is 10.1. The summed E-state index contributed by atoms with van der Waals surface area (Å²) in [6.45, 7) is 0. The van der Waals surface area contributed by atoms with Gasteiger partial charge < -0.3 is 11.1 Å². The number of carbonyl (C=O) groups is 2. The molecule has 3 rings (SSSR count). The lowest BCUT2D eigenvalue weighted by Gasteiger charge is -2.28. The van der Waals surface area contributed by atoms with Gasteiger partial charge in [0.2, 0.25) is 11.9 Å². The van der Waals surface area contributed by atoms with Crippen molar-refractivity contribution >= 4 is 34.5 Å². The zero-order valence-corrected chi connectivity index (χ0v) is 11.5. The average Bonchev–Trinajstić information content (AvgIpc) is 2.47. The number of benzene rings is 1. The summed E-state index contributed by atoms with van der Waals surface area (Å²) < 4.78 is 0. The number of para-hydroxylation sites is 1. The van der Waals surface area contributed by atoms with Gasteiger partial charge in [0.1, 0.15) is 11.9 Å². The van der Waals surface area contributed by atoms with E-state index < -0.39 is 6.04 Å². The van der Waals surface area contributed by atoms with Crippen LogP contribution in [0.4, 0.5) is 11.8 Å². The van der Waals surface area contributed by atoms with E-state index >= 15 is 0 Å². The van der Waals surface area contributed by atoms with Crippen LogP contribution in [-0.4, -0.2) is 39.8 Å². The van der Waals surface area contributed by atoms with Crippen LogP contribution < -0.4 is 11.1 Å². The van der Waals surface area contributed by atoms with Crippen molar-refractivity contribution in [2.75, 3.05) is 18.1 Å². The Morgan fingerprint density at radius 3 is 2.86 bits per heavy atom. The summed E-state index contributed by atoms with van der Waals surface area (Å²) in [5.41, 5.74) is 6.41. The molecule has 7 nitrogen and oxygen atoms in total. The second-order valence-electron chi connectivity index (χ2n) is 4.97. The number of nitrogens with two attached hydrogens (primary N) is 1. The van der Waals surface area contributed by atoms with Crippen molar-refractivity contribution in [3.8, 4) is 0 Å². The van der Waals surface area contributed by atoms with Crippen LogP contribution in [-0.2, 0) is 9.59 Å². The summed E-state index contributed by atoms with van der Waals surface area (Å²) in [4.78, 5) is 33.1. The van der Waals surface area contributed by atoms with Gasteiger partial charge in [0.15, 0.2) is 0 Å². The largest absolute Gasteiger partial charge is 0.368 e. The van der Waals surface area contributed by atoms with Crippen molar-refractivity contribution in [2.45, 2.75) is 18.9 Å². The molecule has 2 aromatic rings. The molecule has 0 aliphatic carbocycles. The van der Waals surface area contributed by atoms with E-state index in [1.807, 2.05) is 24.3 Å². The number of fused-ring (bicyclic) bond motifs is 1. The summed E-state index contributed by atoms with van der Waals surface area (Å²) in [6, 6.07) is 6.93. The number of likely N-dealkylation sites (tertiary alicyclic amines) is 1. The summed E-state index contributed by atoms with van der Waals surface area (Å²) in [7, 11) is 1.49. The molecule has 2 heterocycles. The SMILES string of the molecule is CN1C(=O)CCC(Nc2nc(N)nc3ccccc23)C1=O. The minimum atomic E-state index is -0.481. The Morgan fingerprint density at radius 2 is 2.05 bits per heavy atom. The van der Waals surface area contributed by atoms with Crippen LogP contribution in [0.25, 0.3) is 10.9 Å². The smallest absolute Gasteiger partial charge is 0.251 e. The first-order valence-electron chi connectivity index (χ1n) is 6.65. The number of rotatable bonds is 2. The third kappa shape index (κ3) is 2.37. The number of amides is 2. The maximum Gasteiger partial charge on any atom is 0.251 e. The average molecular weight is 285 g/mol. The van der Waals surface area contributed by atoms with Crippen LogP contribution >= 0.6 is 0 Å². The predicted molar refractivity (Wildman–Crippen MR) is 78.4 cm³/mol. The van der Waals surface area contributed by atoms with Gasteiger partial charge in [0, 0.05) is 18.9 Å². The molecular weight excluding hydrogens is 270 g/mol. The minimum absolute atomic E-state index is 0.142. The Balaban J connectivity index is 1.95. The molecule has 1 aliphatic heterocycles. The van der Waals surface area contributed by atoms with Crippen LogP contribution in [0.2, 0.25) is 0 Å². The molecule has 2 amide bonds. The summed E-state index contributed by atoms with van der Waals surface area (Å²) in [5, 5.41) is 3.88. The number of nitrogen functional groups attached to an aromatic ring is 1. The normalized spacial score (nSPS) is 19.1. The van der Waals surface area contributed by atoms with Crippen LogP contribution in [0.15, 0.2) is 24.3 Å². The van der Waals surface area contributed by atoms with Gasteiger partial charge in [-0.15, -0.1) is 0 Å². The fourth-order valence-electron chi connectivity index (χ4n) is 2.42. The van der Waals surface area contributed by atoms with Gasteiger partial charge in [-0.1, -0.05) is 12.1 Å². The fourth-order valence-corrected chi connectivity index (χ4v) is 2.42. The number of nitrogens with one attached hydrogen (secondary N) is 1. The number of carbonyl (C=O) groups excluding carboxylic acids is 2. The Hall–Kier alpha value is -2.70. The highest BCUT2D eigenvalue weighted by atomic mass is 16.2. The number of hydrogen-bond donors (Lipinski definition) is 2. The standard InChI is InChI=1S/C14H15N5O2/c1-19-11(20)7-6-10(13(19)21)16-12-8-4-2-3-5-9(8)17-14(15)18-12/h2-5,10H,6-7H2,1H3,(H3,15,16,17,18). The minimum Gasteiger partial charge on any atom is -0.368 e. The van der Waals surface area contributed by atoms with E-state index in [1.54, 1.807) is 0 Å². The zero-order chi connectivity index (χ0) is 15.0. The van der Waals surface area contributed by atoms with Gasteiger partial charge in [-0.3, -0.25) is 14.5 Å². The molecule has 1 aliphatic rings. The Morgan fingerprint density at radius 1 is 1.29 bits per heavy atom. The van der Waals surface area contributed by atoms with E-state index in [4.69, 9.17) is 5.73 Å². The topological polar surface area (TPSA) is 101 Å². The molecule has 21 heavy (non-hydrogen) atoms. The molecule has 1 fully saturated rings. The molecule has 0 radical (unpaired) electrons. The molecule has 108 valence electrons. The third-order valence-electron chi connectivity index (χ3n) is 3.58. The van der Waals surface area contributed by atoms with Crippen LogP contribution in [0.3, 0.4) is 0 Å². The number of imide groups is 1. The van der Waals surface area contributed by atoms with Gasteiger partial charge >= 0.3 is 0 Å². The molecule has 1 aromatic heterocycles. The van der Waals surface area contributed by atoms with E-state index in [0.717, 1.165) is 10.3 Å². The number of aromatic nitrogens is 2. The maximum absolute atomic E-state index is 12.1. The van der Waals surface area contributed by atoms with Crippen molar-refractivity contribution in [2.24, 2.45) is 0 Å². The number of nitrogens with zero attached hydrogens (tertiary/aromatic N) is 3. The van der Waals surface area contributed by atoms with Crippen molar-refractivity contribution in [3.05, 3.63) is 24.3 Å². The van der Waals surface area contributed by atoms with E-state index in [1.165, 1.54) is 7.05 Å². The quantitative estimate of drug-likeness (QED) is 0.790. The van der Waals surface area contributed by atoms with Gasteiger partial charge in [-0.05, 0) is 18.6 Å². The molecule has 3 N–H and O–H groups in total. The van der Waals surface area contributed by atoms with Crippen LogP contribution in [0.1, 0.15) is 12.8 Å². The van der Waals surface area contributed by atoms with E-state index in [-0.39, 0.29) is 17.8 Å². The van der Waals surface area contributed by atoms with Gasteiger partial charge in [-0.25, -0.2) is 4.98 Å². The Bertz CT molecular complexity index is 730. The molecule has 7 heteroatoms. The first-order valence-corrected chi connectivity index (χ1v) is 6.65. The van der Waals surface area contributed by atoms with E-state index in [2.05, 4.69) is 15.3 Å². The zero-order valence-electron chi connectivity index (χ0n) is 11.5. The molecule has 1 aromatic carbocycles. The van der Waals surface area contributed by atoms with Crippen molar-refractivity contribution in [3.63, 3.8) is 0 Å². The molecule has 0 spiro atoms. The third-order valence-corrected chi connectivity index (χ3v) is 3.58. The van der Waals surface area contributed by atoms with E-state index in [0.29, 0.717) is 24.2 Å². The maximum atomic E-state index is 12.1. The first kappa shape index (κ1) is 13.3. The molecule has 0 saturated carbocycles. The monoisotopic (exact) mass is 285 g/mol. The second-order valence-corrected chi connectivity index (χ2v) is 4.97. The second kappa shape index (κ2) is 5.01. The lowest BCUT2D eigenvalue weighted by Crippen LogP contribution is -2.48. The fraction of sp³-hybridized carbons (Fsp3) is 0.286. The van der Waals surface area contributed by atoms with E-state index in [9.17, 15) is 9.59 Å². The van der Waals surface area contributed by atoms with Crippen LogP contribution in [0, 0.1) is 0 Å². The molecule has 1 atom stereocenters. The number of likely N-dealkylation sites (N-methyl/N-ethyl adjacent to an activating group) is 1. The summed E-state index contributed by atoms with van der Waals surface area (Å²) in [6.07, 6.45) is 0.776. The van der Waals surface area contributed by atoms with Crippen molar-refractivity contribution in [1.29, 1.82) is 0 Å². The predicted octanol–water partition coefficient (Wildman–Crippen LogP) is 0.771. The molecular formula is C14H15N5O2. The van der Waals surface area contributed by atoms with Crippen molar-refractivity contribution in [1.82, 2.24) is 14.9 Å². The van der Waals surface area contributed by atoms with Crippen LogP contribution in [0.5, 0.6) is 0 Å². The Kier molecular flexibility index (Phi) is 3.17. The number of hydrogen-bond acceptors (Lipinski definition) is 6. The lowest BCUT2D eigenvalue weighted by molar-refractivity contribution is -0.146. The van der Waals surface area contributed by atoms with Gasteiger partial charge in [-0.2, -0.15) is 4.98 Å². The van der Waals surface area contributed by atoms with Crippen molar-refractivity contribution < 1.29 is 9.59 Å². The highest BCUT2D eigenvalue weighted by molar-refractivity contribution is 6.02. The van der Waals surface area contributed by atoms with Gasteiger partial charge in [0.25, 0.3) is 5.91 Å². The molecule has 1 saturated heterocycles.